The first-order chi connectivity index (χ1) is 5.64. The van der Waals surface area contributed by atoms with E-state index < -0.39 is 0 Å². The Morgan fingerprint density at radius 1 is 0.750 bits per heavy atom. The van der Waals surface area contributed by atoms with Gasteiger partial charge < -0.3 is 5.32 Å². The molecule has 0 amide bonds. The maximum atomic E-state index is 3.28. The van der Waals surface area contributed by atoms with E-state index in [2.05, 4.69) is 33.0 Å². The van der Waals surface area contributed by atoms with Crippen molar-refractivity contribution in [3.05, 3.63) is 11.1 Å². The Morgan fingerprint density at radius 3 is 1.25 bits per heavy atom. The summed E-state index contributed by atoms with van der Waals surface area (Å²) in [5.74, 6) is 0. The molecule has 1 rings (SSSR count). The lowest BCUT2D eigenvalue weighted by Gasteiger charge is -2.08. The standard InChI is InChI=1S/C6H12.C5H11N/c1-5(2)6(3)4;1-2-4-6-5-3-1/h1-4H3;6H,1-5H2. The van der Waals surface area contributed by atoms with Gasteiger partial charge in [0.1, 0.15) is 0 Å². The lowest BCUT2D eigenvalue weighted by atomic mass is 10.2. The predicted molar refractivity (Wildman–Crippen MR) is 56.4 cm³/mol. The average Bonchev–Trinajstić information content (AvgIpc) is 2.08. The van der Waals surface area contributed by atoms with Gasteiger partial charge in [-0.1, -0.05) is 17.6 Å². The molecule has 0 atom stereocenters. The Kier molecular flexibility index (Phi) is 7.17. The fraction of sp³-hybridized carbons (Fsp3) is 0.818. The molecule has 0 aromatic carbocycles. The predicted octanol–water partition coefficient (Wildman–Crippen LogP) is 3.12. The van der Waals surface area contributed by atoms with Gasteiger partial charge in [0, 0.05) is 0 Å². The highest BCUT2D eigenvalue weighted by molar-refractivity contribution is 5.02. The van der Waals surface area contributed by atoms with E-state index in [1.54, 1.807) is 0 Å². The lowest BCUT2D eigenvalue weighted by Crippen LogP contribution is -2.21. The van der Waals surface area contributed by atoms with Crippen LogP contribution in [-0.2, 0) is 0 Å². The van der Waals surface area contributed by atoms with Crippen LogP contribution in [0.3, 0.4) is 0 Å². The maximum absolute atomic E-state index is 3.28. The van der Waals surface area contributed by atoms with Crippen molar-refractivity contribution in [2.75, 3.05) is 13.1 Å². The number of allylic oxidation sites excluding steroid dienone is 2. The molecule has 1 nitrogen and oxygen atoms in total. The topological polar surface area (TPSA) is 12.0 Å². The largest absolute Gasteiger partial charge is 0.317 e. The highest BCUT2D eigenvalue weighted by atomic mass is 14.9. The Bertz CT molecular complexity index is 102. The molecule has 1 aliphatic rings. The van der Waals surface area contributed by atoms with E-state index in [-0.39, 0.29) is 0 Å². The van der Waals surface area contributed by atoms with Crippen LogP contribution in [0.15, 0.2) is 11.1 Å². The van der Waals surface area contributed by atoms with Crippen molar-refractivity contribution in [2.24, 2.45) is 0 Å². The average molecular weight is 169 g/mol. The van der Waals surface area contributed by atoms with Gasteiger partial charge in [0.25, 0.3) is 0 Å². The second-order valence-electron chi connectivity index (χ2n) is 3.81. The molecule has 0 saturated carbocycles. The van der Waals surface area contributed by atoms with Crippen LogP contribution < -0.4 is 5.32 Å². The van der Waals surface area contributed by atoms with E-state index in [9.17, 15) is 0 Å². The molecule has 72 valence electrons. The fourth-order valence-electron chi connectivity index (χ4n) is 0.802. The van der Waals surface area contributed by atoms with E-state index in [4.69, 9.17) is 0 Å². The Hall–Kier alpha value is -0.300. The molecule has 0 aliphatic carbocycles. The fourth-order valence-corrected chi connectivity index (χ4v) is 0.802. The normalized spacial score (nSPS) is 16.0. The summed E-state index contributed by atoms with van der Waals surface area (Å²) in [6.07, 6.45) is 4.22. The van der Waals surface area contributed by atoms with Crippen molar-refractivity contribution in [2.45, 2.75) is 47.0 Å². The number of rotatable bonds is 0. The molecule has 0 bridgehead atoms. The number of hydrogen-bond donors (Lipinski definition) is 1. The van der Waals surface area contributed by atoms with Crippen molar-refractivity contribution < 1.29 is 0 Å². The molecule has 1 saturated heterocycles. The summed E-state index contributed by atoms with van der Waals surface area (Å²) in [6.45, 7) is 11.0. The third-order valence-electron chi connectivity index (χ3n) is 2.21. The Balaban J connectivity index is 0.000000202. The molecule has 0 aromatic heterocycles. The second-order valence-corrected chi connectivity index (χ2v) is 3.81. The smallest absolute Gasteiger partial charge is 0.00489 e. The van der Waals surface area contributed by atoms with Crippen LogP contribution in [0, 0.1) is 0 Å². The minimum absolute atomic E-state index is 1.25. The van der Waals surface area contributed by atoms with Crippen LogP contribution >= 0.6 is 0 Å². The minimum Gasteiger partial charge on any atom is -0.317 e. The van der Waals surface area contributed by atoms with Crippen LogP contribution in [0.1, 0.15) is 47.0 Å². The molecule has 1 N–H and O–H groups in total. The van der Waals surface area contributed by atoms with E-state index in [1.807, 2.05) is 0 Å². The summed E-state index contributed by atoms with van der Waals surface area (Å²) in [6, 6.07) is 0. The van der Waals surface area contributed by atoms with Gasteiger partial charge in [0.15, 0.2) is 0 Å². The third-order valence-corrected chi connectivity index (χ3v) is 2.21. The van der Waals surface area contributed by atoms with Gasteiger partial charge in [-0.2, -0.15) is 0 Å². The summed E-state index contributed by atoms with van der Waals surface area (Å²) in [4.78, 5) is 0. The van der Waals surface area contributed by atoms with Gasteiger partial charge in [-0.3, -0.25) is 0 Å². The van der Waals surface area contributed by atoms with E-state index >= 15 is 0 Å². The molecule has 1 fully saturated rings. The van der Waals surface area contributed by atoms with Crippen LogP contribution in [0.4, 0.5) is 0 Å². The summed E-state index contributed by atoms with van der Waals surface area (Å²) in [5, 5.41) is 3.28. The molecule has 0 radical (unpaired) electrons. The van der Waals surface area contributed by atoms with E-state index in [0.29, 0.717) is 0 Å². The number of hydrogen-bond acceptors (Lipinski definition) is 1. The number of piperidine rings is 1. The zero-order valence-corrected chi connectivity index (χ0v) is 9.04. The monoisotopic (exact) mass is 169 g/mol. The zero-order valence-electron chi connectivity index (χ0n) is 9.04. The summed E-state index contributed by atoms with van der Waals surface area (Å²) in [5.41, 5.74) is 2.85. The van der Waals surface area contributed by atoms with Crippen LogP contribution in [0.2, 0.25) is 0 Å². The molecule has 12 heavy (non-hydrogen) atoms. The first-order valence-electron chi connectivity index (χ1n) is 4.96. The van der Waals surface area contributed by atoms with Crippen molar-refractivity contribution in [1.82, 2.24) is 5.32 Å². The van der Waals surface area contributed by atoms with Gasteiger partial charge in [0.2, 0.25) is 0 Å². The molecule has 0 unspecified atom stereocenters. The summed E-state index contributed by atoms with van der Waals surface area (Å²) >= 11 is 0. The van der Waals surface area contributed by atoms with E-state index in [0.717, 1.165) is 0 Å². The molecular weight excluding hydrogens is 146 g/mol. The van der Waals surface area contributed by atoms with Gasteiger partial charge in [-0.25, -0.2) is 0 Å². The Morgan fingerprint density at radius 2 is 1.17 bits per heavy atom. The molecular formula is C11H23N. The highest BCUT2D eigenvalue weighted by Crippen LogP contribution is 1.97. The molecule has 0 spiro atoms. The Labute approximate surface area is 77.2 Å². The molecule has 0 aromatic rings. The van der Waals surface area contributed by atoms with Crippen molar-refractivity contribution in [3.8, 4) is 0 Å². The maximum Gasteiger partial charge on any atom is -0.00489 e. The summed E-state index contributed by atoms with van der Waals surface area (Å²) in [7, 11) is 0. The third kappa shape index (κ3) is 7.80. The quantitative estimate of drug-likeness (QED) is 0.549. The first kappa shape index (κ1) is 11.7. The molecule has 1 heteroatoms. The SMILES string of the molecule is C1CCNCC1.CC(C)=C(C)C. The van der Waals surface area contributed by atoms with Gasteiger partial charge in [0.05, 0.1) is 0 Å². The van der Waals surface area contributed by atoms with Crippen LogP contribution in [-0.4, -0.2) is 13.1 Å². The first-order valence-corrected chi connectivity index (χ1v) is 4.96. The number of nitrogens with one attached hydrogen (secondary N) is 1. The zero-order chi connectivity index (χ0) is 9.40. The van der Waals surface area contributed by atoms with Gasteiger partial charge in [-0.05, 0) is 53.6 Å². The molecule has 1 aliphatic heterocycles. The highest BCUT2D eigenvalue weighted by Gasteiger charge is 1.93. The second kappa shape index (κ2) is 7.35. The minimum atomic E-state index is 1.25. The van der Waals surface area contributed by atoms with Crippen molar-refractivity contribution in [1.29, 1.82) is 0 Å². The van der Waals surface area contributed by atoms with Crippen LogP contribution in [0.25, 0.3) is 0 Å². The van der Waals surface area contributed by atoms with Crippen molar-refractivity contribution in [3.63, 3.8) is 0 Å². The van der Waals surface area contributed by atoms with Crippen LogP contribution in [0.5, 0.6) is 0 Å². The van der Waals surface area contributed by atoms with Gasteiger partial charge >= 0.3 is 0 Å². The lowest BCUT2D eigenvalue weighted by molar-refractivity contribution is 0.520. The van der Waals surface area contributed by atoms with E-state index in [1.165, 1.54) is 43.5 Å². The van der Waals surface area contributed by atoms with Gasteiger partial charge in [-0.15, -0.1) is 0 Å². The molecule has 1 heterocycles. The summed E-state index contributed by atoms with van der Waals surface area (Å²) < 4.78 is 0. The van der Waals surface area contributed by atoms with Crippen molar-refractivity contribution >= 4 is 0 Å².